The largest absolute Gasteiger partial charge is 1.00 e. The second-order valence-corrected chi connectivity index (χ2v) is 15.3. The molecule has 0 aliphatic heterocycles. The number of nitrogens with one attached hydrogen (secondary N) is 1. The zero-order valence-electron chi connectivity index (χ0n) is 17.1. The van der Waals surface area contributed by atoms with Gasteiger partial charge in [-0.2, -0.15) is 0 Å². The zero-order chi connectivity index (χ0) is 18.9. The van der Waals surface area contributed by atoms with Crippen LogP contribution in [0.15, 0.2) is 60.7 Å². The second kappa shape index (κ2) is 11.7. The number of carbonyl (C=O) groups is 1. The first-order chi connectivity index (χ1) is 13.1. The Bertz CT molecular complexity index is 867. The fourth-order valence-corrected chi connectivity index (χ4v) is 8.76. The van der Waals surface area contributed by atoms with E-state index in [1.54, 1.807) is 0 Å². The van der Waals surface area contributed by atoms with Gasteiger partial charge in [0.05, 0.1) is 0 Å². The van der Waals surface area contributed by atoms with Crippen LogP contribution in [-0.4, -0.2) is 16.9 Å². The second-order valence-electron chi connectivity index (χ2n) is 8.56. The molecule has 2 nitrogen and oxygen atoms in total. The third-order valence-electron chi connectivity index (χ3n) is 6.20. The number of carbonyl (C=O) groups excluding carboxylic acids is 1. The van der Waals surface area contributed by atoms with Crippen LogP contribution in [0.25, 0.3) is 5.57 Å². The average Bonchev–Trinajstić information content (AvgIpc) is 3.10. The summed E-state index contributed by atoms with van der Waals surface area (Å²) in [4.78, 5) is 12.9. The Morgan fingerprint density at radius 3 is 2.17 bits per heavy atom. The Kier molecular flexibility index (Phi) is 10.6. The molecule has 0 radical (unpaired) electrons. The minimum absolute atomic E-state index is 0. The van der Waals surface area contributed by atoms with Crippen molar-refractivity contribution in [1.82, 2.24) is 3.80 Å². The summed E-state index contributed by atoms with van der Waals surface area (Å²) < 4.78 is 3.95. The van der Waals surface area contributed by atoms with Gasteiger partial charge in [-0.1, -0.05) is 0 Å². The molecule has 0 spiro atoms. The van der Waals surface area contributed by atoms with Crippen LogP contribution in [0.2, 0.25) is 10.5 Å². The molecule has 162 valence electrons. The standard InChI is InChI=1S/C15H11.C7H13NO.2CH3.2ClH.H4Si.Ti/c1-2-6-12(7-3-1)15-11-10-13-8-4-5-9-14(13)15;8-7(9)6-4-2-1-3-5-6;;;;;;/h1-11H;6H,1-5H2,(H2,8,9);2*1H3;2*1H;1H4;/q;;;;;;;+3/p-3. The first-order valence-corrected chi connectivity index (χ1v) is 15.1. The van der Waals surface area contributed by atoms with E-state index in [0.29, 0.717) is 10.1 Å². The van der Waals surface area contributed by atoms with Crippen LogP contribution in [0, 0.1) is 5.92 Å². The molecule has 1 atom stereocenters. The third kappa shape index (κ3) is 5.69. The molecule has 1 unspecified atom stereocenters. The van der Waals surface area contributed by atoms with Crippen molar-refractivity contribution in [2.45, 2.75) is 46.8 Å². The van der Waals surface area contributed by atoms with Crippen molar-refractivity contribution >= 4 is 22.4 Å². The smallest absolute Gasteiger partial charge is 0.0149 e. The molecular weight excluding hydrogens is 465 g/mol. The summed E-state index contributed by atoms with van der Waals surface area (Å²) in [6.45, 7) is 0. The van der Waals surface area contributed by atoms with Crippen LogP contribution in [0.4, 0.5) is 0 Å². The van der Waals surface area contributed by atoms with Crippen LogP contribution < -0.4 is 28.6 Å². The van der Waals surface area contributed by atoms with Gasteiger partial charge in [-0.05, 0) is 11.0 Å². The monoisotopic (exact) mass is 497 g/mol. The minimum Gasteiger partial charge on any atom is -1.00 e. The van der Waals surface area contributed by atoms with E-state index in [-0.39, 0.29) is 41.7 Å². The molecule has 2 aliphatic rings. The predicted octanol–water partition coefficient (Wildman–Crippen LogP) is -1.41. The van der Waals surface area contributed by atoms with Crippen molar-refractivity contribution in [2.75, 3.05) is 0 Å². The van der Waals surface area contributed by atoms with Gasteiger partial charge in [0, 0.05) is 0 Å². The maximum Gasteiger partial charge on any atom is -0.0149 e. The number of benzene rings is 2. The molecule has 30 heavy (non-hydrogen) atoms. The summed E-state index contributed by atoms with van der Waals surface area (Å²) in [5.74, 6) is 0.552. The van der Waals surface area contributed by atoms with Crippen LogP contribution in [0.3, 0.4) is 0 Å². The molecule has 0 heterocycles. The molecule has 0 saturated heterocycles. The molecule has 2 aromatic rings. The molecule has 1 N–H and O–H groups in total. The van der Waals surface area contributed by atoms with Crippen LogP contribution in [-0.2, 0) is 21.6 Å². The molecule has 1 saturated carbocycles. The maximum absolute atomic E-state index is 12.9. The van der Waals surface area contributed by atoms with Gasteiger partial charge in [-0.15, -0.1) is 0 Å². The molecule has 0 bridgehead atoms. The van der Waals surface area contributed by atoms with Gasteiger partial charge in [0.1, 0.15) is 0 Å². The molecule has 0 aromatic heterocycles. The summed E-state index contributed by atoms with van der Waals surface area (Å²) in [6.07, 6.45) is 8.26. The summed E-state index contributed by atoms with van der Waals surface area (Å²) in [5, 5.41) is 4.71. The van der Waals surface area contributed by atoms with Crippen LogP contribution in [0.5, 0.6) is 0 Å². The van der Waals surface area contributed by atoms with Gasteiger partial charge in [0.2, 0.25) is 0 Å². The van der Waals surface area contributed by atoms with Crippen molar-refractivity contribution in [3.8, 4) is 0 Å². The maximum atomic E-state index is 12.9. The first-order valence-electron chi connectivity index (χ1n) is 10.2. The SMILES string of the molecule is [CH3][Ti+2]([CH3])([NH]C(=O)C1CCCCC1)[CH]1C=C(c2ccccc2)c2ccccc21.[Cl-].[Cl-].[SiH4]. The van der Waals surface area contributed by atoms with Gasteiger partial charge in [0.15, 0.2) is 0 Å². The summed E-state index contributed by atoms with van der Waals surface area (Å²) in [5.41, 5.74) is 5.32. The van der Waals surface area contributed by atoms with Gasteiger partial charge >= 0.3 is 167 Å². The Morgan fingerprint density at radius 2 is 1.50 bits per heavy atom. The minimum atomic E-state index is -2.61. The fraction of sp³-hybridized carbons (Fsp3) is 0.375. The molecule has 6 heteroatoms. The van der Waals surface area contributed by atoms with E-state index < -0.39 is 16.8 Å². The van der Waals surface area contributed by atoms with Gasteiger partial charge in [-0.25, -0.2) is 0 Å². The van der Waals surface area contributed by atoms with Gasteiger partial charge in [0.25, 0.3) is 0 Å². The number of fused-ring (bicyclic) bond motifs is 1. The quantitative estimate of drug-likeness (QED) is 0.517. The van der Waals surface area contributed by atoms with E-state index in [1.165, 1.54) is 41.5 Å². The first kappa shape index (κ1) is 27.2. The Hall–Kier alpha value is -0.839. The summed E-state index contributed by atoms with van der Waals surface area (Å²) in [6, 6.07) is 19.4. The summed E-state index contributed by atoms with van der Waals surface area (Å²) >= 11 is -2.61. The predicted molar refractivity (Wildman–Crippen MR) is 120 cm³/mol. The Morgan fingerprint density at radius 1 is 0.900 bits per heavy atom. The van der Waals surface area contributed by atoms with E-state index in [9.17, 15) is 4.79 Å². The van der Waals surface area contributed by atoms with E-state index >= 15 is 0 Å². The number of halogens is 2. The number of allylic oxidation sites excluding steroid dienone is 1. The number of hydrogen-bond donors (Lipinski definition) is 1. The molecule has 4 rings (SSSR count). The third-order valence-corrected chi connectivity index (χ3v) is 10.8. The van der Waals surface area contributed by atoms with Crippen molar-refractivity contribution in [3.63, 3.8) is 0 Å². The van der Waals surface area contributed by atoms with Crippen LogP contribution >= 0.6 is 0 Å². The van der Waals surface area contributed by atoms with Gasteiger partial charge in [-0.3, -0.25) is 0 Å². The van der Waals surface area contributed by atoms with Crippen LogP contribution in [0.1, 0.15) is 53.0 Å². The number of hydrogen-bond acceptors (Lipinski definition) is 1. The Labute approximate surface area is 201 Å². The number of rotatable bonds is 4. The van der Waals surface area contributed by atoms with Crippen molar-refractivity contribution < 1.29 is 46.5 Å². The summed E-state index contributed by atoms with van der Waals surface area (Å²) in [7, 11) is 0. The number of amides is 1. The normalized spacial score (nSPS) is 17.5. The van der Waals surface area contributed by atoms with Crippen molar-refractivity contribution in [1.29, 1.82) is 0 Å². The Balaban J connectivity index is 0.00000150. The molecule has 1 fully saturated rings. The van der Waals surface area contributed by atoms with Crippen molar-refractivity contribution in [2.24, 2.45) is 5.92 Å². The van der Waals surface area contributed by atoms with Crippen molar-refractivity contribution in [3.05, 3.63) is 77.4 Å². The van der Waals surface area contributed by atoms with Gasteiger partial charge < -0.3 is 24.8 Å². The molecule has 1 amide bonds. The van der Waals surface area contributed by atoms with E-state index in [1.807, 2.05) is 0 Å². The average molecular weight is 498 g/mol. The zero-order valence-corrected chi connectivity index (χ0v) is 20.2. The van der Waals surface area contributed by atoms with E-state index in [2.05, 4.69) is 74.9 Å². The molecule has 2 aromatic carbocycles. The van der Waals surface area contributed by atoms with E-state index in [4.69, 9.17) is 0 Å². The fourth-order valence-electron chi connectivity index (χ4n) is 4.69. The molecule has 2 aliphatic carbocycles. The van der Waals surface area contributed by atoms with E-state index in [0.717, 1.165) is 12.8 Å². The topological polar surface area (TPSA) is 29.1 Å². The molecular formula is C24H33Cl2NOSiTi.